The van der Waals surface area contributed by atoms with Crippen LogP contribution in [0.4, 0.5) is 0 Å². The van der Waals surface area contributed by atoms with Gasteiger partial charge in [0.25, 0.3) is 5.56 Å². The third-order valence-corrected chi connectivity index (χ3v) is 7.28. The topological polar surface area (TPSA) is 62.5 Å². The van der Waals surface area contributed by atoms with Crippen LogP contribution in [0.1, 0.15) is 46.3 Å². The molecule has 1 aliphatic heterocycles. The Kier molecular flexibility index (Phi) is 7.01. The molecule has 0 bridgehead atoms. The Hall–Kier alpha value is -3.70. The normalized spacial score (nSPS) is 13.9. The SMILES string of the molecule is Cc1ccc(C(=O)O)cc1-c1ccc2c(=O)n(Cc3ccccc3)cc(CCCN3CCCC3)c2c1. The van der Waals surface area contributed by atoms with Crippen LogP contribution in [0.2, 0.25) is 0 Å². The molecule has 0 spiro atoms. The summed E-state index contributed by atoms with van der Waals surface area (Å²) >= 11 is 0. The van der Waals surface area contributed by atoms with E-state index in [0.29, 0.717) is 11.9 Å². The molecular weight excluding hydrogens is 448 g/mol. The van der Waals surface area contributed by atoms with Gasteiger partial charge in [-0.2, -0.15) is 0 Å². The van der Waals surface area contributed by atoms with Crippen molar-refractivity contribution in [3.63, 3.8) is 0 Å². The monoisotopic (exact) mass is 480 g/mol. The molecule has 4 aromatic rings. The Balaban J connectivity index is 1.57. The Morgan fingerprint density at radius 3 is 2.47 bits per heavy atom. The average molecular weight is 481 g/mol. The summed E-state index contributed by atoms with van der Waals surface area (Å²) in [6.45, 7) is 5.95. The molecule has 1 fully saturated rings. The number of aromatic carboxylic acids is 1. The number of aromatic nitrogens is 1. The van der Waals surface area contributed by atoms with E-state index < -0.39 is 5.97 Å². The fourth-order valence-electron chi connectivity index (χ4n) is 5.30. The Bertz CT molecular complexity index is 1450. The Morgan fingerprint density at radius 2 is 1.72 bits per heavy atom. The van der Waals surface area contributed by atoms with Gasteiger partial charge in [-0.3, -0.25) is 4.79 Å². The lowest BCUT2D eigenvalue weighted by atomic mass is 9.94. The van der Waals surface area contributed by atoms with Gasteiger partial charge in [-0.15, -0.1) is 0 Å². The highest BCUT2D eigenvalue weighted by Gasteiger charge is 2.15. The number of hydrogen-bond donors (Lipinski definition) is 1. The number of benzene rings is 3. The average Bonchev–Trinajstić information content (AvgIpc) is 3.41. The lowest BCUT2D eigenvalue weighted by molar-refractivity contribution is 0.0697. The van der Waals surface area contributed by atoms with Crippen LogP contribution in [-0.2, 0) is 13.0 Å². The molecule has 0 atom stereocenters. The zero-order valence-electron chi connectivity index (χ0n) is 20.7. The number of carbonyl (C=O) groups is 1. The summed E-state index contributed by atoms with van der Waals surface area (Å²) in [7, 11) is 0. The van der Waals surface area contributed by atoms with Gasteiger partial charge in [-0.1, -0.05) is 42.5 Å². The maximum Gasteiger partial charge on any atom is 0.335 e. The number of carboxylic acids is 1. The van der Waals surface area contributed by atoms with Crippen molar-refractivity contribution in [3.8, 4) is 11.1 Å². The quantitative estimate of drug-likeness (QED) is 0.349. The van der Waals surface area contributed by atoms with Crippen molar-refractivity contribution < 1.29 is 9.90 Å². The molecule has 0 amide bonds. The van der Waals surface area contributed by atoms with Gasteiger partial charge < -0.3 is 14.6 Å². The van der Waals surface area contributed by atoms with E-state index in [1.54, 1.807) is 12.1 Å². The van der Waals surface area contributed by atoms with Crippen LogP contribution in [0.5, 0.6) is 0 Å². The first kappa shape index (κ1) is 24.0. The molecule has 1 N–H and O–H groups in total. The summed E-state index contributed by atoms with van der Waals surface area (Å²) in [6, 6.07) is 21.2. The fourth-order valence-corrected chi connectivity index (χ4v) is 5.30. The van der Waals surface area contributed by atoms with Gasteiger partial charge >= 0.3 is 5.97 Å². The smallest absolute Gasteiger partial charge is 0.335 e. The highest BCUT2D eigenvalue weighted by molar-refractivity contribution is 5.92. The number of rotatable bonds is 8. The number of hydrogen-bond acceptors (Lipinski definition) is 3. The van der Waals surface area contributed by atoms with E-state index in [2.05, 4.69) is 11.0 Å². The summed E-state index contributed by atoms with van der Waals surface area (Å²) in [5.74, 6) is -0.941. The second-order valence-electron chi connectivity index (χ2n) is 9.82. The van der Waals surface area contributed by atoms with Crippen molar-refractivity contribution in [3.05, 3.63) is 106 Å². The van der Waals surface area contributed by atoms with Crippen LogP contribution in [0, 0.1) is 6.92 Å². The molecule has 184 valence electrons. The maximum absolute atomic E-state index is 13.5. The van der Waals surface area contributed by atoms with Gasteiger partial charge in [0, 0.05) is 11.6 Å². The third-order valence-electron chi connectivity index (χ3n) is 7.28. The fraction of sp³-hybridized carbons (Fsp3) is 0.290. The number of fused-ring (bicyclic) bond motifs is 1. The summed E-state index contributed by atoms with van der Waals surface area (Å²) in [4.78, 5) is 27.6. The molecule has 1 aromatic heterocycles. The molecular formula is C31H32N2O3. The number of carboxylic acid groups (broad SMARTS) is 1. The van der Waals surface area contributed by atoms with Crippen molar-refractivity contribution in [1.29, 1.82) is 0 Å². The molecule has 5 heteroatoms. The molecule has 0 unspecified atom stereocenters. The standard InChI is InChI=1S/C31H32N2O3/c1-22-11-12-25(31(35)36)19-28(22)24-13-14-27-29(18-24)26(10-7-17-32-15-5-6-16-32)21-33(30(27)34)20-23-8-3-2-4-9-23/h2-4,8-9,11-14,18-19,21H,5-7,10,15-17,20H2,1H3,(H,35,36). The van der Waals surface area contributed by atoms with Crippen molar-refractivity contribution in [2.24, 2.45) is 0 Å². The minimum absolute atomic E-state index is 0.000274. The highest BCUT2D eigenvalue weighted by Crippen LogP contribution is 2.29. The van der Waals surface area contributed by atoms with E-state index in [-0.39, 0.29) is 11.1 Å². The van der Waals surface area contributed by atoms with Crippen molar-refractivity contribution in [2.45, 2.75) is 39.2 Å². The molecule has 1 aliphatic rings. The predicted octanol–water partition coefficient (Wildman–Crippen LogP) is 5.75. The Morgan fingerprint density at radius 1 is 0.944 bits per heavy atom. The molecule has 3 aromatic carbocycles. The van der Waals surface area contributed by atoms with E-state index in [1.165, 1.54) is 25.9 Å². The van der Waals surface area contributed by atoms with E-state index in [0.717, 1.165) is 52.6 Å². The van der Waals surface area contributed by atoms with Gasteiger partial charge in [-0.05, 0) is 110 Å². The van der Waals surface area contributed by atoms with Crippen LogP contribution < -0.4 is 5.56 Å². The predicted molar refractivity (Wildman–Crippen MR) is 145 cm³/mol. The number of aryl methyl sites for hydroxylation is 2. The number of pyridine rings is 1. The lowest BCUT2D eigenvalue weighted by Crippen LogP contribution is -2.23. The molecule has 2 heterocycles. The molecule has 0 saturated carbocycles. The number of nitrogens with zero attached hydrogens (tertiary/aromatic N) is 2. The van der Waals surface area contributed by atoms with Gasteiger partial charge in [0.15, 0.2) is 0 Å². The van der Waals surface area contributed by atoms with Gasteiger partial charge in [0.2, 0.25) is 0 Å². The third kappa shape index (κ3) is 5.12. The first-order valence-corrected chi connectivity index (χ1v) is 12.8. The van der Waals surface area contributed by atoms with Gasteiger partial charge in [0.1, 0.15) is 0 Å². The van der Waals surface area contributed by atoms with Gasteiger partial charge in [0.05, 0.1) is 12.1 Å². The van der Waals surface area contributed by atoms with E-state index in [1.807, 2.05) is 66.2 Å². The molecule has 0 aliphatic carbocycles. The molecule has 5 nitrogen and oxygen atoms in total. The molecule has 36 heavy (non-hydrogen) atoms. The van der Waals surface area contributed by atoms with Crippen LogP contribution in [0.25, 0.3) is 21.9 Å². The number of likely N-dealkylation sites (tertiary alicyclic amines) is 1. The van der Waals surface area contributed by atoms with Crippen molar-refractivity contribution >= 4 is 16.7 Å². The zero-order chi connectivity index (χ0) is 25.1. The van der Waals surface area contributed by atoms with E-state index >= 15 is 0 Å². The van der Waals surface area contributed by atoms with Gasteiger partial charge in [-0.25, -0.2) is 4.79 Å². The summed E-state index contributed by atoms with van der Waals surface area (Å²) < 4.78 is 1.83. The van der Waals surface area contributed by atoms with Crippen LogP contribution in [0.15, 0.2) is 77.7 Å². The molecule has 5 rings (SSSR count). The zero-order valence-corrected chi connectivity index (χ0v) is 20.7. The van der Waals surface area contributed by atoms with Crippen LogP contribution in [-0.4, -0.2) is 40.2 Å². The largest absolute Gasteiger partial charge is 0.478 e. The molecule has 0 radical (unpaired) electrons. The Labute approximate surface area is 211 Å². The highest BCUT2D eigenvalue weighted by atomic mass is 16.4. The molecule has 1 saturated heterocycles. The van der Waals surface area contributed by atoms with Crippen molar-refractivity contribution in [1.82, 2.24) is 9.47 Å². The summed E-state index contributed by atoms with van der Waals surface area (Å²) in [5.41, 5.74) is 5.34. The minimum atomic E-state index is -0.941. The first-order chi connectivity index (χ1) is 17.5. The second-order valence-corrected chi connectivity index (χ2v) is 9.82. The first-order valence-electron chi connectivity index (χ1n) is 12.8. The van der Waals surface area contributed by atoms with Crippen LogP contribution in [0.3, 0.4) is 0 Å². The lowest BCUT2D eigenvalue weighted by Gasteiger charge is -2.17. The minimum Gasteiger partial charge on any atom is -0.478 e. The summed E-state index contributed by atoms with van der Waals surface area (Å²) in [5, 5.41) is 11.2. The van der Waals surface area contributed by atoms with E-state index in [9.17, 15) is 14.7 Å². The van der Waals surface area contributed by atoms with E-state index in [4.69, 9.17) is 0 Å². The van der Waals surface area contributed by atoms with Crippen molar-refractivity contribution in [2.75, 3.05) is 19.6 Å². The second kappa shape index (κ2) is 10.5. The van der Waals surface area contributed by atoms with Crippen LogP contribution >= 0.6 is 0 Å². The maximum atomic E-state index is 13.5. The summed E-state index contributed by atoms with van der Waals surface area (Å²) in [6.07, 6.45) is 6.52.